The van der Waals surface area contributed by atoms with Gasteiger partial charge < -0.3 is 0 Å². The molecule has 0 aromatic rings. The fraction of sp³-hybridized carbons (Fsp3) is 0.700. The van der Waals surface area contributed by atoms with E-state index in [9.17, 15) is 4.79 Å². The van der Waals surface area contributed by atoms with Crippen LogP contribution in [0.5, 0.6) is 0 Å². The predicted octanol–water partition coefficient (Wildman–Crippen LogP) is 2.47. The first-order chi connectivity index (χ1) is 5.87. The second kappa shape index (κ2) is 5.68. The fourth-order valence-corrected chi connectivity index (χ4v) is 4.96. The Bertz CT molecular complexity index is 203. The van der Waals surface area contributed by atoms with Gasteiger partial charge >= 0.3 is 85.5 Å². The van der Waals surface area contributed by atoms with Gasteiger partial charge in [-0.1, -0.05) is 0 Å². The average Bonchev–Trinajstić information content (AvgIpc) is 1.95. The Morgan fingerprint density at radius 1 is 1.38 bits per heavy atom. The monoisotopic (exact) mass is 291 g/mol. The summed E-state index contributed by atoms with van der Waals surface area (Å²) in [5.41, 5.74) is 6.18. The number of carbonyl (C=O) groups is 1. The first-order valence-corrected chi connectivity index (χ1v) is 15.1. The Labute approximate surface area is 85.5 Å². The number of carbonyl (C=O) groups excluding carboxylic acids is 1. The van der Waals surface area contributed by atoms with E-state index in [1.807, 2.05) is 0 Å². The third-order valence-corrected chi connectivity index (χ3v) is 5.19. The molecule has 1 amide bonds. The maximum atomic E-state index is 11.1. The summed E-state index contributed by atoms with van der Waals surface area (Å²) < 4.78 is 2.19. The van der Waals surface area contributed by atoms with Crippen LogP contribution in [-0.4, -0.2) is 24.3 Å². The first kappa shape index (κ1) is 13.0. The summed E-state index contributed by atoms with van der Waals surface area (Å²) >= 11 is -1.98. The van der Waals surface area contributed by atoms with Crippen LogP contribution in [0, 0.1) is 0 Å². The van der Waals surface area contributed by atoms with Gasteiger partial charge in [0.1, 0.15) is 0 Å². The van der Waals surface area contributed by atoms with Gasteiger partial charge in [-0.15, -0.1) is 0 Å². The van der Waals surface area contributed by atoms with Gasteiger partial charge in [0.25, 0.3) is 0 Å². The van der Waals surface area contributed by atoms with Crippen LogP contribution in [0.1, 0.15) is 26.2 Å². The van der Waals surface area contributed by atoms with Crippen molar-refractivity contribution in [3.05, 3.63) is 9.67 Å². The van der Waals surface area contributed by atoms with Crippen LogP contribution >= 0.6 is 0 Å². The van der Waals surface area contributed by atoms with E-state index in [0.29, 0.717) is 0 Å². The molecule has 2 N–H and O–H groups in total. The number of amides is 1. The van der Waals surface area contributed by atoms with Gasteiger partial charge in [-0.05, 0) is 0 Å². The second-order valence-electron chi connectivity index (χ2n) is 4.50. The van der Waals surface area contributed by atoms with E-state index >= 15 is 0 Å². The molecular formula is C10H21NOSn. The molecule has 0 radical (unpaired) electrons. The molecular weight excluding hydrogens is 269 g/mol. The van der Waals surface area contributed by atoms with Crippen LogP contribution in [0.25, 0.3) is 0 Å². The first-order valence-electron chi connectivity index (χ1n) is 4.88. The molecule has 0 atom stereocenters. The SMILES string of the molecule is CCCC/C(=[CH]/[Sn]([CH3])([CH3])[CH3])C(N)=O. The average molecular weight is 290 g/mol. The number of unbranched alkanes of at least 4 members (excludes halogenated alkanes) is 1. The molecule has 0 saturated carbocycles. The van der Waals surface area contributed by atoms with Crippen LogP contribution in [0.3, 0.4) is 0 Å². The van der Waals surface area contributed by atoms with Crippen molar-refractivity contribution >= 4 is 24.3 Å². The van der Waals surface area contributed by atoms with Gasteiger partial charge in [0.15, 0.2) is 0 Å². The van der Waals surface area contributed by atoms with Crippen LogP contribution in [-0.2, 0) is 4.79 Å². The van der Waals surface area contributed by atoms with E-state index in [1.54, 1.807) is 0 Å². The Morgan fingerprint density at radius 3 is 2.23 bits per heavy atom. The van der Waals surface area contributed by atoms with Crippen molar-refractivity contribution in [3.8, 4) is 0 Å². The Balaban J connectivity index is 4.42. The maximum absolute atomic E-state index is 11.1. The van der Waals surface area contributed by atoms with Gasteiger partial charge in [0.05, 0.1) is 0 Å². The van der Waals surface area contributed by atoms with Crippen molar-refractivity contribution in [1.29, 1.82) is 0 Å². The zero-order valence-corrected chi connectivity index (χ0v) is 12.0. The minimum atomic E-state index is -1.98. The van der Waals surface area contributed by atoms with E-state index in [-0.39, 0.29) is 5.91 Å². The summed E-state index contributed by atoms with van der Waals surface area (Å²) in [7, 11) is 0. The van der Waals surface area contributed by atoms with E-state index < -0.39 is 18.4 Å². The quantitative estimate of drug-likeness (QED) is 0.613. The topological polar surface area (TPSA) is 43.1 Å². The molecule has 2 nitrogen and oxygen atoms in total. The van der Waals surface area contributed by atoms with Gasteiger partial charge in [0.2, 0.25) is 0 Å². The molecule has 0 aliphatic rings. The molecule has 0 fully saturated rings. The summed E-state index contributed by atoms with van der Waals surface area (Å²) in [4.78, 5) is 17.9. The molecule has 0 aliphatic carbocycles. The standard InChI is InChI=1S/C7H12NO.3CH3.Sn/c1-3-4-5-6(2)7(8)9;;;;/h2H,3-5H2,1H3,(H2,8,9);3*1H3;. The molecule has 0 bridgehead atoms. The normalized spacial score (nSPS) is 13.1. The van der Waals surface area contributed by atoms with Crippen molar-refractivity contribution in [2.75, 3.05) is 0 Å². The van der Waals surface area contributed by atoms with Gasteiger partial charge in [0, 0.05) is 0 Å². The van der Waals surface area contributed by atoms with Crippen molar-refractivity contribution in [1.82, 2.24) is 0 Å². The van der Waals surface area contributed by atoms with Crippen LogP contribution in [0.4, 0.5) is 0 Å². The van der Waals surface area contributed by atoms with E-state index in [2.05, 4.69) is 25.8 Å². The molecule has 0 aromatic heterocycles. The Morgan fingerprint density at radius 2 is 1.92 bits per heavy atom. The van der Waals surface area contributed by atoms with Crippen molar-refractivity contribution in [2.45, 2.75) is 41.0 Å². The van der Waals surface area contributed by atoms with Gasteiger partial charge in [-0.2, -0.15) is 0 Å². The molecule has 0 saturated heterocycles. The summed E-state index contributed by atoms with van der Waals surface area (Å²) in [6.45, 7) is 2.12. The van der Waals surface area contributed by atoms with Gasteiger partial charge in [-0.25, -0.2) is 0 Å². The number of hydrogen-bond acceptors (Lipinski definition) is 1. The zero-order chi connectivity index (χ0) is 10.5. The third kappa shape index (κ3) is 7.11. The molecule has 0 spiro atoms. The summed E-state index contributed by atoms with van der Waals surface area (Å²) in [6.07, 6.45) is 3.04. The summed E-state index contributed by atoms with van der Waals surface area (Å²) in [6, 6.07) is 0. The zero-order valence-electron chi connectivity index (χ0n) is 9.18. The molecule has 0 aromatic carbocycles. The summed E-state index contributed by atoms with van der Waals surface area (Å²) in [5.74, 6) is -0.222. The van der Waals surface area contributed by atoms with E-state index in [0.717, 1.165) is 24.8 Å². The Hall–Kier alpha value is 0.00870. The molecule has 3 heteroatoms. The van der Waals surface area contributed by atoms with Crippen molar-refractivity contribution in [3.63, 3.8) is 0 Å². The Kier molecular flexibility index (Phi) is 5.68. The van der Waals surface area contributed by atoms with Crippen molar-refractivity contribution < 1.29 is 4.79 Å². The summed E-state index contributed by atoms with van der Waals surface area (Å²) in [5, 5.41) is 0. The number of nitrogens with two attached hydrogens (primary N) is 1. The number of primary amides is 1. The van der Waals surface area contributed by atoms with E-state index in [1.165, 1.54) is 0 Å². The molecule has 0 unspecified atom stereocenters. The third-order valence-electron chi connectivity index (χ3n) is 1.72. The molecule has 0 heterocycles. The number of hydrogen-bond donors (Lipinski definition) is 1. The fourth-order valence-electron chi connectivity index (χ4n) is 1.16. The molecule has 13 heavy (non-hydrogen) atoms. The van der Waals surface area contributed by atoms with Crippen LogP contribution in [0.15, 0.2) is 9.67 Å². The molecule has 76 valence electrons. The second-order valence-corrected chi connectivity index (χ2v) is 18.8. The minimum absolute atomic E-state index is 0.222. The van der Waals surface area contributed by atoms with Gasteiger partial charge in [-0.3, -0.25) is 0 Å². The number of rotatable bonds is 5. The van der Waals surface area contributed by atoms with Crippen molar-refractivity contribution in [2.24, 2.45) is 5.73 Å². The predicted molar refractivity (Wildman–Crippen MR) is 60.1 cm³/mol. The van der Waals surface area contributed by atoms with Crippen LogP contribution < -0.4 is 5.73 Å². The van der Waals surface area contributed by atoms with E-state index in [4.69, 9.17) is 5.73 Å². The molecule has 0 aliphatic heterocycles. The molecule has 0 rings (SSSR count). The van der Waals surface area contributed by atoms with Crippen LogP contribution in [0.2, 0.25) is 14.8 Å².